The first-order valence-electron chi connectivity index (χ1n) is 5.56. The summed E-state index contributed by atoms with van der Waals surface area (Å²) in [6.45, 7) is 5.72. The molecule has 0 atom stereocenters. The number of rotatable bonds is 6. The number of aliphatic hydroxyl groups excluding tert-OH is 1. The molecule has 0 unspecified atom stereocenters. The molecule has 5 nitrogen and oxygen atoms in total. The van der Waals surface area contributed by atoms with Crippen molar-refractivity contribution in [3.63, 3.8) is 0 Å². The Kier molecular flexibility index (Phi) is 4.73. The molecule has 1 aromatic heterocycles. The second-order valence-corrected chi connectivity index (χ2v) is 6.11. The van der Waals surface area contributed by atoms with E-state index < -0.39 is 10.0 Å². The Labute approximate surface area is 102 Å². The summed E-state index contributed by atoms with van der Waals surface area (Å²) in [5.41, 5.74) is 0. The SMILES string of the molecule is Cc1oc(CO)cc1S(=O)(=O)NCCC(C)C. The number of hydrogen-bond donors (Lipinski definition) is 2. The molecule has 0 aliphatic rings. The van der Waals surface area contributed by atoms with Crippen molar-refractivity contribution in [2.24, 2.45) is 5.92 Å². The van der Waals surface area contributed by atoms with Crippen LogP contribution in [0.4, 0.5) is 0 Å². The highest BCUT2D eigenvalue weighted by molar-refractivity contribution is 7.89. The average molecular weight is 261 g/mol. The Morgan fingerprint density at radius 3 is 2.59 bits per heavy atom. The molecule has 2 N–H and O–H groups in total. The van der Waals surface area contributed by atoms with Crippen molar-refractivity contribution >= 4 is 10.0 Å². The Morgan fingerprint density at radius 2 is 2.12 bits per heavy atom. The second kappa shape index (κ2) is 5.66. The van der Waals surface area contributed by atoms with Gasteiger partial charge in [-0.15, -0.1) is 0 Å². The molecular weight excluding hydrogens is 242 g/mol. The Balaban J connectivity index is 2.78. The molecule has 6 heteroatoms. The molecule has 0 aliphatic carbocycles. The standard InChI is InChI=1S/C11H19NO4S/c1-8(2)4-5-12-17(14,15)11-6-10(7-13)16-9(11)3/h6,8,12-13H,4-5,7H2,1-3H3. The van der Waals surface area contributed by atoms with Crippen LogP contribution in [0.25, 0.3) is 0 Å². The molecule has 1 heterocycles. The van der Waals surface area contributed by atoms with Gasteiger partial charge in [0.25, 0.3) is 0 Å². The van der Waals surface area contributed by atoms with E-state index >= 15 is 0 Å². The van der Waals surface area contributed by atoms with E-state index in [0.29, 0.717) is 18.2 Å². The molecule has 1 aromatic rings. The van der Waals surface area contributed by atoms with Crippen molar-refractivity contribution in [1.82, 2.24) is 4.72 Å². The molecule has 0 saturated carbocycles. The third kappa shape index (κ3) is 3.83. The summed E-state index contributed by atoms with van der Waals surface area (Å²) >= 11 is 0. The number of nitrogens with one attached hydrogen (secondary N) is 1. The number of furan rings is 1. The Hall–Kier alpha value is -0.850. The van der Waals surface area contributed by atoms with E-state index in [1.807, 2.05) is 13.8 Å². The molecule has 0 aliphatic heterocycles. The van der Waals surface area contributed by atoms with Crippen molar-refractivity contribution in [2.45, 2.75) is 38.7 Å². The lowest BCUT2D eigenvalue weighted by atomic mass is 10.1. The van der Waals surface area contributed by atoms with E-state index in [9.17, 15) is 8.42 Å². The van der Waals surface area contributed by atoms with Crippen LogP contribution < -0.4 is 4.72 Å². The molecule has 0 bridgehead atoms. The van der Waals surface area contributed by atoms with Gasteiger partial charge in [0.1, 0.15) is 23.0 Å². The van der Waals surface area contributed by atoms with Crippen LogP contribution in [0, 0.1) is 12.8 Å². The van der Waals surface area contributed by atoms with Crippen molar-refractivity contribution in [1.29, 1.82) is 0 Å². The molecule has 0 aromatic carbocycles. The molecular formula is C11H19NO4S. The van der Waals surface area contributed by atoms with Gasteiger partial charge in [0, 0.05) is 12.6 Å². The van der Waals surface area contributed by atoms with Gasteiger partial charge in [-0.3, -0.25) is 0 Å². The van der Waals surface area contributed by atoms with Gasteiger partial charge in [0.05, 0.1) is 0 Å². The van der Waals surface area contributed by atoms with Crippen molar-refractivity contribution in [2.75, 3.05) is 6.54 Å². The topological polar surface area (TPSA) is 79.5 Å². The smallest absolute Gasteiger partial charge is 0.244 e. The normalized spacial score (nSPS) is 12.3. The summed E-state index contributed by atoms with van der Waals surface area (Å²) in [5, 5.41) is 8.88. The van der Waals surface area contributed by atoms with Gasteiger partial charge >= 0.3 is 0 Å². The van der Waals surface area contributed by atoms with E-state index in [1.54, 1.807) is 6.92 Å². The van der Waals surface area contributed by atoms with E-state index in [1.165, 1.54) is 6.07 Å². The van der Waals surface area contributed by atoms with Gasteiger partial charge in [0.2, 0.25) is 10.0 Å². The fourth-order valence-corrected chi connectivity index (χ4v) is 2.68. The minimum Gasteiger partial charge on any atom is -0.462 e. The van der Waals surface area contributed by atoms with E-state index in [0.717, 1.165) is 6.42 Å². The lowest BCUT2D eigenvalue weighted by molar-refractivity contribution is 0.244. The minimum absolute atomic E-state index is 0.102. The molecule has 0 amide bonds. The first-order valence-corrected chi connectivity index (χ1v) is 7.05. The molecule has 17 heavy (non-hydrogen) atoms. The van der Waals surface area contributed by atoms with Crippen LogP contribution in [0.3, 0.4) is 0 Å². The fourth-order valence-electron chi connectivity index (χ4n) is 1.43. The minimum atomic E-state index is -3.53. The highest BCUT2D eigenvalue weighted by atomic mass is 32.2. The number of aryl methyl sites for hydroxylation is 1. The van der Waals surface area contributed by atoms with Gasteiger partial charge in [0.15, 0.2) is 0 Å². The zero-order valence-electron chi connectivity index (χ0n) is 10.4. The van der Waals surface area contributed by atoms with Gasteiger partial charge in [-0.05, 0) is 19.3 Å². The monoisotopic (exact) mass is 261 g/mol. The van der Waals surface area contributed by atoms with Gasteiger partial charge in [-0.2, -0.15) is 0 Å². The van der Waals surface area contributed by atoms with Gasteiger partial charge < -0.3 is 9.52 Å². The summed E-state index contributed by atoms with van der Waals surface area (Å²) in [6.07, 6.45) is 0.781. The van der Waals surface area contributed by atoms with Crippen molar-refractivity contribution in [3.8, 4) is 0 Å². The van der Waals surface area contributed by atoms with Crippen LogP contribution in [-0.2, 0) is 16.6 Å². The first-order chi connectivity index (χ1) is 7.86. The molecule has 0 spiro atoms. The maximum Gasteiger partial charge on any atom is 0.244 e. The third-order valence-electron chi connectivity index (χ3n) is 2.38. The zero-order chi connectivity index (χ0) is 13.1. The number of aliphatic hydroxyl groups is 1. The summed E-state index contributed by atoms with van der Waals surface area (Å²) in [6, 6.07) is 1.35. The van der Waals surface area contributed by atoms with Gasteiger partial charge in [-0.1, -0.05) is 13.8 Å². The van der Waals surface area contributed by atoms with E-state index in [4.69, 9.17) is 9.52 Å². The third-order valence-corrected chi connectivity index (χ3v) is 3.95. The fraction of sp³-hybridized carbons (Fsp3) is 0.636. The summed E-state index contributed by atoms with van der Waals surface area (Å²) < 4.78 is 31.4. The van der Waals surface area contributed by atoms with Crippen molar-refractivity contribution in [3.05, 3.63) is 17.6 Å². The van der Waals surface area contributed by atoms with Crippen LogP contribution in [0.5, 0.6) is 0 Å². The van der Waals surface area contributed by atoms with Gasteiger partial charge in [-0.25, -0.2) is 13.1 Å². The highest BCUT2D eigenvalue weighted by Crippen LogP contribution is 2.19. The van der Waals surface area contributed by atoms with Crippen LogP contribution in [0.2, 0.25) is 0 Å². The molecule has 98 valence electrons. The van der Waals surface area contributed by atoms with Crippen LogP contribution >= 0.6 is 0 Å². The predicted octanol–water partition coefficient (Wildman–Crippen LogP) is 1.40. The van der Waals surface area contributed by atoms with E-state index in [2.05, 4.69) is 4.72 Å². The Morgan fingerprint density at radius 1 is 1.47 bits per heavy atom. The summed E-state index contributed by atoms with van der Waals surface area (Å²) in [4.78, 5) is 0.102. The first kappa shape index (κ1) is 14.2. The predicted molar refractivity (Wildman–Crippen MR) is 64.0 cm³/mol. The summed E-state index contributed by atoms with van der Waals surface area (Å²) in [7, 11) is -3.53. The Bertz CT molecular complexity index is 462. The largest absolute Gasteiger partial charge is 0.462 e. The lowest BCUT2D eigenvalue weighted by Gasteiger charge is -2.07. The quantitative estimate of drug-likeness (QED) is 0.811. The lowest BCUT2D eigenvalue weighted by Crippen LogP contribution is -2.25. The maximum atomic E-state index is 11.9. The summed E-state index contributed by atoms with van der Waals surface area (Å²) in [5.74, 6) is 0.994. The van der Waals surface area contributed by atoms with Crippen LogP contribution in [-0.4, -0.2) is 20.1 Å². The van der Waals surface area contributed by atoms with E-state index in [-0.39, 0.29) is 17.3 Å². The number of hydrogen-bond acceptors (Lipinski definition) is 4. The maximum absolute atomic E-state index is 11.9. The number of sulfonamides is 1. The van der Waals surface area contributed by atoms with Crippen LogP contribution in [0.15, 0.2) is 15.4 Å². The highest BCUT2D eigenvalue weighted by Gasteiger charge is 2.20. The molecule has 0 radical (unpaired) electrons. The van der Waals surface area contributed by atoms with Crippen molar-refractivity contribution < 1.29 is 17.9 Å². The van der Waals surface area contributed by atoms with Crippen LogP contribution in [0.1, 0.15) is 31.8 Å². The second-order valence-electron chi connectivity index (χ2n) is 4.37. The molecule has 1 rings (SSSR count). The molecule has 0 saturated heterocycles. The zero-order valence-corrected chi connectivity index (χ0v) is 11.2. The molecule has 0 fully saturated rings. The average Bonchev–Trinajstić information content (AvgIpc) is 2.59.